The number of nitrogens with zero attached hydrogens (tertiary/aromatic N) is 3. The summed E-state index contributed by atoms with van der Waals surface area (Å²) in [7, 11) is 0. The summed E-state index contributed by atoms with van der Waals surface area (Å²) in [6.45, 7) is 12.9. The van der Waals surface area contributed by atoms with E-state index in [1.54, 1.807) is 0 Å². The van der Waals surface area contributed by atoms with E-state index in [0.717, 1.165) is 35.7 Å². The summed E-state index contributed by atoms with van der Waals surface area (Å²) in [5.74, 6) is 1.07. The van der Waals surface area contributed by atoms with Gasteiger partial charge < -0.3 is 5.32 Å². The van der Waals surface area contributed by atoms with Crippen LogP contribution in [-0.2, 0) is 0 Å². The summed E-state index contributed by atoms with van der Waals surface area (Å²) < 4.78 is 2.08. The highest BCUT2D eigenvalue weighted by molar-refractivity contribution is 5.80. The van der Waals surface area contributed by atoms with Gasteiger partial charge >= 0.3 is 0 Å². The number of aryl methyl sites for hydroxylation is 4. The van der Waals surface area contributed by atoms with Gasteiger partial charge in [0.2, 0.25) is 0 Å². The highest BCUT2D eigenvalue weighted by Crippen LogP contribution is 2.31. The zero-order chi connectivity index (χ0) is 18.1. The molecule has 2 aromatic heterocycles. The number of anilines is 1. The molecule has 0 aliphatic heterocycles. The fourth-order valence-corrected chi connectivity index (χ4v) is 3.63. The Morgan fingerprint density at radius 1 is 1.00 bits per heavy atom. The Bertz CT molecular complexity index is 881. The Morgan fingerprint density at radius 2 is 1.64 bits per heavy atom. The SMILES string of the molecule is CCC(CC)Nc1cc(C)nc2c(-c3c(C)cc(C)cc3C)ncn12. The first-order chi connectivity index (χ1) is 11.9. The fourth-order valence-electron chi connectivity index (χ4n) is 3.63. The first kappa shape index (κ1) is 17.5. The molecule has 2 heterocycles. The van der Waals surface area contributed by atoms with Crippen molar-refractivity contribution in [2.75, 3.05) is 5.32 Å². The number of hydrogen-bond acceptors (Lipinski definition) is 3. The predicted octanol–water partition coefficient (Wildman–Crippen LogP) is 5.23. The minimum absolute atomic E-state index is 0.457. The first-order valence-corrected chi connectivity index (χ1v) is 9.14. The Morgan fingerprint density at radius 3 is 2.24 bits per heavy atom. The van der Waals surface area contributed by atoms with Gasteiger partial charge in [-0.2, -0.15) is 0 Å². The number of fused-ring (bicyclic) bond motifs is 1. The summed E-state index contributed by atoms with van der Waals surface area (Å²) in [6, 6.07) is 6.99. The summed E-state index contributed by atoms with van der Waals surface area (Å²) in [5, 5.41) is 3.65. The topological polar surface area (TPSA) is 42.2 Å². The van der Waals surface area contributed by atoms with E-state index in [-0.39, 0.29) is 0 Å². The molecule has 4 nitrogen and oxygen atoms in total. The molecule has 0 amide bonds. The van der Waals surface area contributed by atoms with E-state index < -0.39 is 0 Å². The highest BCUT2D eigenvalue weighted by atomic mass is 15.2. The standard InChI is InChI=1S/C21H28N4/c1-7-17(8-2)24-18-11-16(6)23-21-20(22-12-25(18)21)19-14(4)9-13(3)10-15(19)5/h9-12,17,24H,7-8H2,1-6H3. The lowest BCUT2D eigenvalue weighted by Gasteiger charge is -2.18. The monoisotopic (exact) mass is 336 g/mol. The van der Waals surface area contributed by atoms with Crippen LogP contribution in [0, 0.1) is 27.7 Å². The Labute approximate surface area is 150 Å². The van der Waals surface area contributed by atoms with Crippen molar-refractivity contribution >= 4 is 11.5 Å². The normalized spacial score (nSPS) is 11.5. The zero-order valence-corrected chi connectivity index (χ0v) is 16.1. The van der Waals surface area contributed by atoms with E-state index in [1.165, 1.54) is 22.3 Å². The van der Waals surface area contributed by atoms with Gasteiger partial charge in [-0.3, -0.25) is 4.40 Å². The Balaban J connectivity index is 2.19. The van der Waals surface area contributed by atoms with Crippen LogP contribution in [0.3, 0.4) is 0 Å². The maximum absolute atomic E-state index is 4.80. The molecule has 3 rings (SSSR count). The van der Waals surface area contributed by atoms with Crippen molar-refractivity contribution in [3.63, 3.8) is 0 Å². The second-order valence-corrected chi connectivity index (χ2v) is 7.00. The van der Waals surface area contributed by atoms with Crippen LogP contribution in [-0.4, -0.2) is 20.4 Å². The number of benzene rings is 1. The van der Waals surface area contributed by atoms with Gasteiger partial charge in [0.1, 0.15) is 17.8 Å². The van der Waals surface area contributed by atoms with Crippen molar-refractivity contribution in [3.05, 3.63) is 46.9 Å². The number of imidazole rings is 1. The molecule has 0 spiro atoms. The molecule has 0 fully saturated rings. The summed E-state index contributed by atoms with van der Waals surface area (Å²) >= 11 is 0. The molecule has 0 unspecified atom stereocenters. The van der Waals surface area contributed by atoms with Crippen molar-refractivity contribution in [2.45, 2.75) is 60.4 Å². The lowest BCUT2D eigenvalue weighted by Crippen LogP contribution is -2.19. The molecular weight excluding hydrogens is 308 g/mol. The maximum atomic E-state index is 4.80. The molecule has 25 heavy (non-hydrogen) atoms. The van der Waals surface area contributed by atoms with Gasteiger partial charge in [0.05, 0.1) is 0 Å². The zero-order valence-electron chi connectivity index (χ0n) is 16.1. The maximum Gasteiger partial charge on any atom is 0.166 e. The van der Waals surface area contributed by atoms with Crippen LogP contribution >= 0.6 is 0 Å². The second-order valence-electron chi connectivity index (χ2n) is 7.00. The molecular formula is C21H28N4. The average molecular weight is 336 g/mol. The van der Waals surface area contributed by atoms with Crippen molar-refractivity contribution in [2.24, 2.45) is 0 Å². The van der Waals surface area contributed by atoms with Crippen LogP contribution in [0.5, 0.6) is 0 Å². The second kappa shape index (κ2) is 6.87. The number of rotatable bonds is 5. The van der Waals surface area contributed by atoms with Crippen LogP contribution in [0.4, 0.5) is 5.82 Å². The third-order valence-corrected chi connectivity index (χ3v) is 4.88. The first-order valence-electron chi connectivity index (χ1n) is 9.14. The van der Waals surface area contributed by atoms with Gasteiger partial charge in [0.25, 0.3) is 0 Å². The minimum Gasteiger partial charge on any atom is -0.368 e. The van der Waals surface area contributed by atoms with Crippen molar-refractivity contribution < 1.29 is 0 Å². The van der Waals surface area contributed by atoms with Crippen LogP contribution in [0.25, 0.3) is 16.9 Å². The molecule has 0 bridgehead atoms. The molecule has 0 aliphatic carbocycles. The van der Waals surface area contributed by atoms with Crippen molar-refractivity contribution in [1.29, 1.82) is 0 Å². The van der Waals surface area contributed by atoms with Gasteiger partial charge in [-0.1, -0.05) is 31.5 Å². The molecule has 0 aliphatic rings. The number of hydrogen-bond donors (Lipinski definition) is 1. The number of aromatic nitrogens is 3. The summed E-state index contributed by atoms with van der Waals surface area (Å²) in [6.07, 6.45) is 4.08. The Kier molecular flexibility index (Phi) is 4.80. The van der Waals surface area contributed by atoms with E-state index in [9.17, 15) is 0 Å². The minimum atomic E-state index is 0.457. The molecule has 0 radical (unpaired) electrons. The third kappa shape index (κ3) is 3.26. The molecule has 3 aromatic rings. The summed E-state index contributed by atoms with van der Waals surface area (Å²) in [5.41, 5.74) is 7.86. The molecule has 4 heteroatoms. The molecule has 1 aromatic carbocycles. The van der Waals surface area contributed by atoms with E-state index in [2.05, 4.69) is 62.5 Å². The molecule has 0 atom stereocenters. The highest BCUT2D eigenvalue weighted by Gasteiger charge is 2.17. The van der Waals surface area contributed by atoms with Gasteiger partial charge in [-0.05, 0) is 51.7 Å². The van der Waals surface area contributed by atoms with Crippen LogP contribution < -0.4 is 5.32 Å². The van der Waals surface area contributed by atoms with E-state index >= 15 is 0 Å². The van der Waals surface area contributed by atoms with E-state index in [4.69, 9.17) is 9.97 Å². The van der Waals surface area contributed by atoms with E-state index in [1.807, 2.05) is 13.3 Å². The quantitative estimate of drug-likeness (QED) is 0.693. The van der Waals surface area contributed by atoms with Crippen LogP contribution in [0.15, 0.2) is 24.5 Å². The van der Waals surface area contributed by atoms with E-state index in [0.29, 0.717) is 6.04 Å². The molecule has 132 valence electrons. The molecule has 0 saturated heterocycles. The van der Waals surface area contributed by atoms with Gasteiger partial charge in [-0.15, -0.1) is 0 Å². The lowest BCUT2D eigenvalue weighted by atomic mass is 9.97. The smallest absolute Gasteiger partial charge is 0.166 e. The lowest BCUT2D eigenvalue weighted by molar-refractivity contribution is 0.666. The number of nitrogens with one attached hydrogen (secondary N) is 1. The summed E-state index contributed by atoms with van der Waals surface area (Å²) in [4.78, 5) is 9.53. The van der Waals surface area contributed by atoms with Gasteiger partial charge in [0.15, 0.2) is 5.65 Å². The molecule has 1 N–H and O–H groups in total. The molecule has 0 saturated carbocycles. The predicted molar refractivity (Wildman–Crippen MR) is 105 cm³/mol. The third-order valence-electron chi connectivity index (χ3n) is 4.88. The Hall–Kier alpha value is -2.36. The van der Waals surface area contributed by atoms with Gasteiger partial charge in [-0.25, -0.2) is 9.97 Å². The van der Waals surface area contributed by atoms with Gasteiger partial charge in [0, 0.05) is 23.4 Å². The van der Waals surface area contributed by atoms with Crippen molar-refractivity contribution in [1.82, 2.24) is 14.4 Å². The van der Waals surface area contributed by atoms with Crippen molar-refractivity contribution in [3.8, 4) is 11.3 Å². The van der Waals surface area contributed by atoms with Crippen LogP contribution in [0.2, 0.25) is 0 Å². The fraction of sp³-hybridized carbons (Fsp3) is 0.429. The van der Waals surface area contributed by atoms with Crippen LogP contribution in [0.1, 0.15) is 49.1 Å². The average Bonchev–Trinajstić information content (AvgIpc) is 2.95. The largest absolute Gasteiger partial charge is 0.368 e.